The van der Waals surface area contributed by atoms with Crippen molar-refractivity contribution in [3.05, 3.63) is 39.7 Å². The normalized spacial score (nSPS) is 20.9. The van der Waals surface area contributed by atoms with Crippen LogP contribution in [-0.4, -0.2) is 78.0 Å². The number of morpholine rings is 1. The van der Waals surface area contributed by atoms with Gasteiger partial charge in [-0.2, -0.15) is 13.2 Å². The van der Waals surface area contributed by atoms with Gasteiger partial charge in [-0.25, -0.2) is 14.8 Å². The third-order valence-electron chi connectivity index (χ3n) is 5.32. The molecular weight excluding hydrogens is 544 g/mol. The highest BCUT2D eigenvalue weighted by atomic mass is 35.5. The van der Waals surface area contributed by atoms with Gasteiger partial charge in [0.2, 0.25) is 5.91 Å². The summed E-state index contributed by atoms with van der Waals surface area (Å²) in [5.41, 5.74) is -2.18. The van der Waals surface area contributed by atoms with Crippen molar-refractivity contribution >= 4 is 46.8 Å². The number of carbonyl (C=O) groups is 2. The van der Waals surface area contributed by atoms with Gasteiger partial charge in [-0.1, -0.05) is 47.1 Å². The largest absolute Gasteiger partial charge is 0.462 e. The molecule has 1 aliphatic heterocycles. The summed E-state index contributed by atoms with van der Waals surface area (Å²) in [5.74, 6) is -1.54. The van der Waals surface area contributed by atoms with Crippen molar-refractivity contribution in [3.63, 3.8) is 0 Å². The summed E-state index contributed by atoms with van der Waals surface area (Å²) in [5, 5.41) is 3.55. The van der Waals surface area contributed by atoms with Gasteiger partial charge in [0, 0.05) is 32.4 Å². The van der Waals surface area contributed by atoms with E-state index in [4.69, 9.17) is 27.9 Å². The first kappa shape index (κ1) is 28.7. The highest BCUT2D eigenvalue weighted by molar-refractivity contribution is 7.99. The average Bonchev–Trinajstić information content (AvgIpc) is 2.83. The van der Waals surface area contributed by atoms with Gasteiger partial charge in [0.25, 0.3) is 0 Å². The third-order valence-corrected chi connectivity index (χ3v) is 6.96. The Morgan fingerprint density at radius 1 is 1.33 bits per heavy atom. The van der Waals surface area contributed by atoms with E-state index >= 15 is 0 Å². The molecule has 1 N–H and O–H groups in total. The lowest BCUT2D eigenvalue weighted by Crippen LogP contribution is -2.48. The van der Waals surface area contributed by atoms with Gasteiger partial charge in [-0.05, 0) is 19.3 Å². The number of nitrogens with one attached hydrogen (secondary N) is 1. The molecule has 1 fully saturated rings. The Morgan fingerprint density at radius 2 is 2.11 bits per heavy atom. The fourth-order valence-corrected chi connectivity index (χ4v) is 4.71. The number of hydrogen-bond acceptors (Lipinski definition) is 8. The summed E-state index contributed by atoms with van der Waals surface area (Å²) in [6.07, 6.45) is 0.288. The van der Waals surface area contributed by atoms with Crippen LogP contribution in [0.2, 0.25) is 0 Å². The number of amides is 1. The monoisotopic (exact) mass is 568 g/mol. The second kappa shape index (κ2) is 13.1. The Bertz CT molecular complexity index is 1030. The molecule has 2 atom stereocenters. The molecule has 0 radical (unpaired) electrons. The zero-order chi connectivity index (χ0) is 26.3. The molecule has 0 aromatic carbocycles. The van der Waals surface area contributed by atoms with Gasteiger partial charge in [0.1, 0.15) is 5.56 Å². The lowest BCUT2D eigenvalue weighted by atomic mass is 9.99. The molecule has 1 saturated heterocycles. The van der Waals surface area contributed by atoms with Crippen molar-refractivity contribution < 1.29 is 32.2 Å². The van der Waals surface area contributed by atoms with Crippen molar-refractivity contribution in [1.82, 2.24) is 20.2 Å². The number of ether oxygens (including phenoxy) is 2. The van der Waals surface area contributed by atoms with Crippen LogP contribution < -0.4 is 5.32 Å². The maximum Gasteiger partial charge on any atom is 0.434 e. The Balaban J connectivity index is 1.47. The molecule has 14 heteroatoms. The number of hydrogen-bond donors (Lipinski definition) is 1. The van der Waals surface area contributed by atoms with Crippen LogP contribution in [0.3, 0.4) is 0 Å². The number of nitrogens with zero attached hydrogens (tertiary/aromatic N) is 3. The fourth-order valence-electron chi connectivity index (χ4n) is 3.65. The van der Waals surface area contributed by atoms with Crippen LogP contribution in [0.4, 0.5) is 13.2 Å². The molecule has 1 unspecified atom stereocenters. The van der Waals surface area contributed by atoms with Gasteiger partial charge < -0.3 is 14.8 Å². The molecule has 2 heterocycles. The first-order valence-electron chi connectivity index (χ1n) is 11.1. The van der Waals surface area contributed by atoms with Crippen molar-refractivity contribution in [2.24, 2.45) is 5.92 Å². The number of carbonyl (C=O) groups excluding carboxylic acids is 2. The molecular formula is C22H25Cl2F3N4O4S. The Morgan fingerprint density at radius 3 is 2.81 bits per heavy atom. The number of esters is 1. The van der Waals surface area contributed by atoms with Gasteiger partial charge in [0.15, 0.2) is 10.9 Å². The quantitative estimate of drug-likeness (QED) is 0.273. The van der Waals surface area contributed by atoms with E-state index in [9.17, 15) is 22.8 Å². The van der Waals surface area contributed by atoms with Crippen LogP contribution in [0.15, 0.2) is 33.6 Å². The van der Waals surface area contributed by atoms with Crippen molar-refractivity contribution in [1.29, 1.82) is 0 Å². The summed E-state index contributed by atoms with van der Waals surface area (Å²) in [6, 6.07) is 0. The summed E-state index contributed by atoms with van der Waals surface area (Å²) < 4.78 is 50.4. The van der Waals surface area contributed by atoms with E-state index < -0.39 is 29.3 Å². The molecule has 36 heavy (non-hydrogen) atoms. The highest BCUT2D eigenvalue weighted by Crippen LogP contribution is 2.32. The first-order valence-corrected chi connectivity index (χ1v) is 12.9. The maximum atomic E-state index is 13.3. The minimum Gasteiger partial charge on any atom is -0.462 e. The lowest BCUT2D eigenvalue weighted by Gasteiger charge is -2.35. The van der Waals surface area contributed by atoms with Crippen LogP contribution in [0.25, 0.3) is 0 Å². The predicted octanol–water partition coefficient (Wildman–Crippen LogP) is 3.85. The predicted molar refractivity (Wildman–Crippen MR) is 129 cm³/mol. The Labute approximate surface area is 220 Å². The van der Waals surface area contributed by atoms with E-state index in [0.29, 0.717) is 23.2 Å². The molecule has 1 aliphatic carbocycles. The maximum absolute atomic E-state index is 13.3. The molecule has 2 aliphatic rings. The van der Waals surface area contributed by atoms with Crippen LogP contribution in [0, 0.1) is 5.92 Å². The molecule has 0 bridgehead atoms. The van der Waals surface area contributed by atoms with E-state index in [1.807, 2.05) is 12.2 Å². The Kier molecular flexibility index (Phi) is 10.4. The number of thioether (sulfide) groups is 1. The number of aromatic nitrogens is 2. The molecule has 1 aromatic rings. The zero-order valence-electron chi connectivity index (χ0n) is 19.3. The van der Waals surface area contributed by atoms with Crippen molar-refractivity contribution in [2.45, 2.75) is 30.8 Å². The number of halogens is 5. The van der Waals surface area contributed by atoms with Gasteiger partial charge in [-0.15, -0.1) is 0 Å². The van der Waals surface area contributed by atoms with Gasteiger partial charge in [-0.3, -0.25) is 9.69 Å². The molecule has 198 valence electrons. The van der Waals surface area contributed by atoms with Gasteiger partial charge in [0.05, 0.1) is 35.1 Å². The zero-order valence-corrected chi connectivity index (χ0v) is 21.6. The topological polar surface area (TPSA) is 93.6 Å². The highest BCUT2D eigenvalue weighted by Gasteiger charge is 2.38. The Hall–Kier alpha value is -1.86. The summed E-state index contributed by atoms with van der Waals surface area (Å²) >= 11 is 12.8. The van der Waals surface area contributed by atoms with Crippen molar-refractivity contribution in [2.75, 3.05) is 45.1 Å². The minimum atomic E-state index is -4.88. The SMILES string of the molecule is CCOC(=O)c1cnc(SCC(=O)NC[C@H]2CN(CC3C=C(Cl)C(Cl)=CC3)CCO2)nc1C(F)(F)F. The smallest absolute Gasteiger partial charge is 0.434 e. The molecule has 8 nitrogen and oxygen atoms in total. The summed E-state index contributed by atoms with van der Waals surface area (Å²) in [4.78, 5) is 33.5. The summed E-state index contributed by atoms with van der Waals surface area (Å²) in [6.45, 7) is 4.29. The van der Waals surface area contributed by atoms with Crippen molar-refractivity contribution in [3.8, 4) is 0 Å². The number of allylic oxidation sites excluding steroid dienone is 3. The second-order valence-electron chi connectivity index (χ2n) is 8.04. The van der Waals surface area contributed by atoms with Crippen LogP contribution in [0.5, 0.6) is 0 Å². The number of rotatable bonds is 9. The fraction of sp³-hybridized carbons (Fsp3) is 0.545. The van der Waals surface area contributed by atoms with Crippen LogP contribution >= 0.6 is 35.0 Å². The van der Waals surface area contributed by atoms with E-state index in [1.165, 1.54) is 6.92 Å². The second-order valence-corrected chi connectivity index (χ2v) is 9.80. The molecule has 0 spiro atoms. The third kappa shape index (κ3) is 8.34. The minimum absolute atomic E-state index is 0.0898. The van der Waals surface area contributed by atoms with Crippen LogP contribution in [-0.2, 0) is 20.4 Å². The summed E-state index contributed by atoms with van der Waals surface area (Å²) in [7, 11) is 0. The van der Waals surface area contributed by atoms with Crippen LogP contribution in [0.1, 0.15) is 29.4 Å². The molecule has 1 amide bonds. The standard InChI is InChI=1S/C22H25Cl2F3N4O4S/c1-2-34-20(33)15-9-29-21(30-19(15)22(25,26)27)36-12-18(32)28-8-14-11-31(5-6-35-14)10-13-3-4-16(23)17(24)7-13/h4,7,9,13-14H,2-3,5-6,8,10-12H2,1H3,(H,28,32)/t13?,14-/m0/s1. The van der Waals surface area contributed by atoms with E-state index in [0.717, 1.165) is 37.5 Å². The molecule has 1 aromatic heterocycles. The average molecular weight is 569 g/mol. The molecule has 0 saturated carbocycles. The van der Waals surface area contributed by atoms with E-state index in [-0.39, 0.29) is 36.1 Å². The van der Waals surface area contributed by atoms with E-state index in [1.54, 1.807) is 0 Å². The first-order chi connectivity index (χ1) is 17.1. The number of alkyl halides is 3. The lowest BCUT2D eigenvalue weighted by molar-refractivity contribution is -0.142. The van der Waals surface area contributed by atoms with Gasteiger partial charge >= 0.3 is 12.1 Å². The van der Waals surface area contributed by atoms with E-state index in [2.05, 4.69) is 24.9 Å². The molecule has 3 rings (SSSR count).